The molecule has 7 heteroatoms. The minimum atomic E-state index is -3.62. The fourth-order valence-corrected chi connectivity index (χ4v) is 5.20. The Morgan fingerprint density at radius 1 is 1.14 bits per heavy atom. The highest BCUT2D eigenvalue weighted by Gasteiger charge is 2.24. The van der Waals surface area contributed by atoms with E-state index in [2.05, 4.69) is 6.92 Å². The first-order valence-electron chi connectivity index (χ1n) is 9.95. The molecule has 0 aliphatic carbocycles. The highest BCUT2D eigenvalue weighted by atomic mass is 35.5. The Kier molecular flexibility index (Phi) is 6.98. The lowest BCUT2D eigenvalue weighted by atomic mass is 9.99. The highest BCUT2D eigenvalue weighted by molar-refractivity contribution is 7.89. The Labute approximate surface area is 178 Å². The Hall–Kier alpha value is -1.89. The zero-order valence-corrected chi connectivity index (χ0v) is 18.4. The molecule has 1 atom stereocenters. The maximum absolute atomic E-state index is 12.9. The van der Waals surface area contributed by atoms with Crippen molar-refractivity contribution in [3.05, 3.63) is 64.7 Å². The van der Waals surface area contributed by atoms with E-state index in [1.807, 2.05) is 24.0 Å². The summed E-state index contributed by atoms with van der Waals surface area (Å²) >= 11 is 5.87. The van der Waals surface area contributed by atoms with E-state index < -0.39 is 10.0 Å². The number of carbonyl (C=O) groups is 1. The van der Waals surface area contributed by atoms with Crippen LogP contribution >= 0.6 is 11.6 Å². The summed E-state index contributed by atoms with van der Waals surface area (Å²) in [6, 6.07) is 13.4. The average Bonchev–Trinajstić information content (AvgIpc) is 2.72. The lowest BCUT2D eigenvalue weighted by Gasteiger charge is -2.31. The third-order valence-corrected chi connectivity index (χ3v) is 7.50. The second-order valence-electron chi connectivity index (χ2n) is 7.58. The van der Waals surface area contributed by atoms with Crippen molar-refractivity contribution in [3.8, 4) is 0 Å². The molecule has 0 N–H and O–H groups in total. The molecule has 1 aliphatic heterocycles. The Balaban J connectivity index is 1.72. The van der Waals surface area contributed by atoms with E-state index in [1.54, 1.807) is 24.3 Å². The molecule has 0 aromatic heterocycles. The molecule has 1 aliphatic rings. The summed E-state index contributed by atoms with van der Waals surface area (Å²) < 4.78 is 27.2. The van der Waals surface area contributed by atoms with Crippen molar-refractivity contribution in [3.63, 3.8) is 0 Å². The number of amides is 1. The van der Waals surface area contributed by atoms with Crippen LogP contribution in [0.15, 0.2) is 53.4 Å². The van der Waals surface area contributed by atoms with Crippen LogP contribution in [0.5, 0.6) is 0 Å². The topological polar surface area (TPSA) is 57.7 Å². The molecule has 1 saturated heterocycles. The monoisotopic (exact) mass is 434 g/mol. The summed E-state index contributed by atoms with van der Waals surface area (Å²) in [4.78, 5) is 14.8. The lowest BCUT2D eigenvalue weighted by Crippen LogP contribution is -2.39. The Morgan fingerprint density at radius 2 is 1.79 bits per heavy atom. The predicted molar refractivity (Wildman–Crippen MR) is 115 cm³/mol. The molecule has 0 radical (unpaired) electrons. The van der Waals surface area contributed by atoms with Gasteiger partial charge >= 0.3 is 0 Å². The van der Waals surface area contributed by atoms with E-state index in [0.29, 0.717) is 23.0 Å². The number of piperidine rings is 1. The number of hydrogen-bond acceptors (Lipinski definition) is 3. The van der Waals surface area contributed by atoms with E-state index in [1.165, 1.54) is 16.4 Å². The Bertz CT molecular complexity index is 943. The van der Waals surface area contributed by atoms with Gasteiger partial charge in [0.15, 0.2) is 0 Å². The van der Waals surface area contributed by atoms with Crippen LogP contribution in [0.2, 0.25) is 5.02 Å². The van der Waals surface area contributed by atoms with Gasteiger partial charge in [0, 0.05) is 36.8 Å². The molecule has 1 amide bonds. The van der Waals surface area contributed by atoms with E-state index in [-0.39, 0.29) is 17.3 Å². The molecule has 2 aromatic carbocycles. The summed E-state index contributed by atoms with van der Waals surface area (Å²) in [5.41, 5.74) is 1.49. The maximum atomic E-state index is 12.9. The van der Waals surface area contributed by atoms with Gasteiger partial charge in [-0.2, -0.15) is 4.31 Å². The molecule has 156 valence electrons. The van der Waals surface area contributed by atoms with Crippen molar-refractivity contribution in [1.29, 1.82) is 0 Å². The predicted octanol–water partition coefficient (Wildman–Crippen LogP) is 4.42. The van der Waals surface area contributed by atoms with Crippen molar-refractivity contribution in [2.45, 2.75) is 38.1 Å². The van der Waals surface area contributed by atoms with Crippen LogP contribution in [0.1, 0.15) is 42.6 Å². The van der Waals surface area contributed by atoms with Crippen molar-refractivity contribution < 1.29 is 13.2 Å². The normalized spacial score (nSPS) is 17.5. The molecular formula is C22H27ClN2O3S. The van der Waals surface area contributed by atoms with Crippen molar-refractivity contribution in [1.82, 2.24) is 9.21 Å². The third kappa shape index (κ3) is 5.18. The minimum Gasteiger partial charge on any atom is -0.338 e. The molecule has 0 unspecified atom stereocenters. The molecule has 0 bridgehead atoms. The van der Waals surface area contributed by atoms with Gasteiger partial charge in [-0.3, -0.25) is 4.79 Å². The average molecular weight is 435 g/mol. The molecule has 3 rings (SSSR count). The van der Waals surface area contributed by atoms with Gasteiger partial charge in [-0.15, -0.1) is 0 Å². The first-order valence-corrected chi connectivity index (χ1v) is 11.8. The first-order chi connectivity index (χ1) is 13.8. The largest absolute Gasteiger partial charge is 0.338 e. The maximum Gasteiger partial charge on any atom is 0.253 e. The molecular weight excluding hydrogens is 408 g/mol. The zero-order chi connectivity index (χ0) is 21.0. The molecule has 0 saturated carbocycles. The van der Waals surface area contributed by atoms with Crippen LogP contribution in [0, 0.1) is 5.92 Å². The number of likely N-dealkylation sites (tertiary alicyclic amines) is 1. The number of hydrogen-bond donors (Lipinski definition) is 0. The molecule has 2 aromatic rings. The van der Waals surface area contributed by atoms with Gasteiger partial charge in [-0.25, -0.2) is 8.42 Å². The summed E-state index contributed by atoms with van der Waals surface area (Å²) in [5, 5.41) is 0.496. The second kappa shape index (κ2) is 9.28. The summed E-state index contributed by atoms with van der Waals surface area (Å²) in [6.45, 7) is 6.16. The molecule has 1 heterocycles. The molecule has 0 spiro atoms. The van der Waals surface area contributed by atoms with Crippen LogP contribution in [0.3, 0.4) is 0 Å². The van der Waals surface area contributed by atoms with Crippen LogP contribution in [-0.4, -0.2) is 43.2 Å². The molecule has 1 fully saturated rings. The van der Waals surface area contributed by atoms with E-state index in [9.17, 15) is 13.2 Å². The van der Waals surface area contributed by atoms with Crippen molar-refractivity contribution >= 4 is 27.5 Å². The fraction of sp³-hybridized carbons (Fsp3) is 0.409. The summed E-state index contributed by atoms with van der Waals surface area (Å²) in [7, 11) is -3.62. The number of nitrogens with zero attached hydrogens (tertiary/aromatic N) is 2. The Morgan fingerprint density at radius 3 is 2.38 bits per heavy atom. The van der Waals surface area contributed by atoms with E-state index in [0.717, 1.165) is 31.5 Å². The SMILES string of the molecule is CCN(Cc1ccc(C(=O)N2CCC[C@@H](C)C2)cc1)S(=O)(=O)c1ccc(Cl)cc1. The number of carbonyl (C=O) groups excluding carboxylic acids is 1. The van der Waals surface area contributed by atoms with E-state index in [4.69, 9.17) is 11.6 Å². The second-order valence-corrected chi connectivity index (χ2v) is 9.95. The number of benzene rings is 2. The van der Waals surface area contributed by atoms with Crippen LogP contribution in [0.25, 0.3) is 0 Å². The van der Waals surface area contributed by atoms with Crippen molar-refractivity contribution in [2.24, 2.45) is 5.92 Å². The van der Waals surface area contributed by atoms with Gasteiger partial charge in [-0.05, 0) is 60.7 Å². The quantitative estimate of drug-likeness (QED) is 0.676. The first kappa shape index (κ1) is 21.8. The molecule has 29 heavy (non-hydrogen) atoms. The van der Waals surface area contributed by atoms with Gasteiger partial charge in [0.1, 0.15) is 0 Å². The van der Waals surface area contributed by atoms with E-state index >= 15 is 0 Å². The standard InChI is InChI=1S/C22H27ClN2O3S/c1-3-25(29(27,28)21-12-10-20(23)11-13-21)16-18-6-8-19(9-7-18)22(26)24-14-4-5-17(2)15-24/h6-13,17H,3-5,14-16H2,1-2H3/t17-/m1/s1. The summed E-state index contributed by atoms with van der Waals surface area (Å²) in [6.07, 6.45) is 2.21. The van der Waals surface area contributed by atoms with Gasteiger partial charge in [-0.1, -0.05) is 37.6 Å². The molecule has 5 nitrogen and oxygen atoms in total. The fourth-order valence-electron chi connectivity index (χ4n) is 3.64. The van der Waals surface area contributed by atoms with Crippen LogP contribution in [0.4, 0.5) is 0 Å². The number of rotatable bonds is 6. The summed E-state index contributed by atoms with van der Waals surface area (Å²) in [5.74, 6) is 0.576. The van der Waals surface area contributed by atoms with Crippen LogP contribution in [-0.2, 0) is 16.6 Å². The van der Waals surface area contributed by atoms with Gasteiger partial charge < -0.3 is 4.90 Å². The number of halogens is 1. The minimum absolute atomic E-state index is 0.0456. The third-order valence-electron chi connectivity index (χ3n) is 5.31. The zero-order valence-electron chi connectivity index (χ0n) is 16.8. The smallest absolute Gasteiger partial charge is 0.253 e. The van der Waals surface area contributed by atoms with Gasteiger partial charge in [0.25, 0.3) is 5.91 Å². The number of sulfonamides is 1. The van der Waals surface area contributed by atoms with Crippen molar-refractivity contribution in [2.75, 3.05) is 19.6 Å². The lowest BCUT2D eigenvalue weighted by molar-refractivity contribution is 0.0683. The van der Waals surface area contributed by atoms with Gasteiger partial charge in [0.2, 0.25) is 10.0 Å². The van der Waals surface area contributed by atoms with Gasteiger partial charge in [0.05, 0.1) is 4.90 Å². The van der Waals surface area contributed by atoms with Crippen LogP contribution < -0.4 is 0 Å². The highest BCUT2D eigenvalue weighted by Crippen LogP contribution is 2.22.